The van der Waals surface area contributed by atoms with Crippen molar-refractivity contribution < 1.29 is 22.9 Å². The van der Waals surface area contributed by atoms with Gasteiger partial charge < -0.3 is 15.1 Å². The van der Waals surface area contributed by atoms with Gasteiger partial charge in [0.05, 0.1) is 15.5 Å². The first kappa shape index (κ1) is 25.2. The monoisotopic (exact) mass is 464 g/mol. The summed E-state index contributed by atoms with van der Waals surface area (Å²) in [4.78, 5) is 26.8. The maximum absolute atomic E-state index is 13.1. The van der Waals surface area contributed by atoms with Gasteiger partial charge in [-0.25, -0.2) is 0 Å². The van der Waals surface area contributed by atoms with Gasteiger partial charge in [0.25, 0.3) is 5.69 Å². The van der Waals surface area contributed by atoms with Crippen LogP contribution in [0.25, 0.3) is 0 Å². The van der Waals surface area contributed by atoms with E-state index in [0.717, 1.165) is 32.1 Å². The smallest absolute Gasteiger partial charge is 0.366 e. The summed E-state index contributed by atoms with van der Waals surface area (Å²) in [6.45, 7) is 8.22. The molecule has 0 saturated carbocycles. The number of hydrogen-bond acceptors (Lipinski definition) is 5. The molecule has 1 amide bonds. The Labute approximate surface area is 184 Å². The molecular formula is C20H28ClF3N4O3. The minimum absolute atomic E-state index is 0.0427. The van der Waals surface area contributed by atoms with Gasteiger partial charge in [-0.1, -0.05) is 25.4 Å². The largest absolute Gasteiger partial charge is 0.418 e. The van der Waals surface area contributed by atoms with Crippen molar-refractivity contribution in [1.82, 2.24) is 10.2 Å². The number of benzene rings is 1. The molecule has 0 aromatic heterocycles. The molecule has 0 aliphatic carbocycles. The highest BCUT2D eigenvalue weighted by molar-refractivity contribution is 6.31. The molecule has 174 valence electrons. The Morgan fingerprint density at radius 2 is 1.90 bits per heavy atom. The lowest BCUT2D eigenvalue weighted by atomic mass is 9.95. The van der Waals surface area contributed by atoms with Crippen molar-refractivity contribution in [2.45, 2.75) is 39.3 Å². The van der Waals surface area contributed by atoms with Crippen LogP contribution in [-0.4, -0.2) is 55.0 Å². The van der Waals surface area contributed by atoms with Crippen LogP contribution in [0, 0.1) is 16.0 Å². The van der Waals surface area contributed by atoms with Crippen molar-refractivity contribution in [1.29, 1.82) is 0 Å². The van der Waals surface area contributed by atoms with Crippen LogP contribution in [0.1, 0.15) is 38.7 Å². The molecule has 0 spiro atoms. The lowest BCUT2D eigenvalue weighted by Crippen LogP contribution is -2.41. The number of rotatable bonds is 9. The molecule has 1 N–H and O–H groups in total. The third kappa shape index (κ3) is 6.70. The Morgan fingerprint density at radius 3 is 2.42 bits per heavy atom. The number of nitro groups is 1. The van der Waals surface area contributed by atoms with Crippen molar-refractivity contribution in [2.24, 2.45) is 5.92 Å². The average Bonchev–Trinajstić information content (AvgIpc) is 2.72. The molecule has 1 aliphatic rings. The molecular weight excluding hydrogens is 437 g/mol. The number of carbonyl (C=O) groups is 1. The second-order valence-electron chi connectivity index (χ2n) is 7.51. The number of carbonyl (C=O) groups excluding carboxylic acids is 1. The summed E-state index contributed by atoms with van der Waals surface area (Å²) in [7, 11) is 0. The van der Waals surface area contributed by atoms with E-state index in [4.69, 9.17) is 11.6 Å². The molecule has 0 bridgehead atoms. The van der Waals surface area contributed by atoms with Gasteiger partial charge in [-0.05, 0) is 45.0 Å². The normalized spacial score (nSPS) is 15.4. The molecule has 0 atom stereocenters. The maximum atomic E-state index is 13.1. The van der Waals surface area contributed by atoms with E-state index in [9.17, 15) is 28.1 Å². The quantitative estimate of drug-likeness (QED) is 0.334. The molecule has 0 unspecified atom stereocenters. The SMILES string of the molecule is CCN(CC)CCCNC(=O)C1CCN(c2cc(Cl)c(C(F)(F)F)cc2[N+](=O)[O-])CC1. The van der Waals surface area contributed by atoms with Crippen LogP contribution < -0.4 is 10.2 Å². The van der Waals surface area contributed by atoms with E-state index in [0.29, 0.717) is 38.5 Å². The minimum atomic E-state index is -4.78. The van der Waals surface area contributed by atoms with Crippen LogP contribution >= 0.6 is 11.6 Å². The van der Waals surface area contributed by atoms with E-state index < -0.39 is 27.4 Å². The Kier molecular flexibility index (Phi) is 8.93. The number of nitrogens with one attached hydrogen (secondary N) is 1. The summed E-state index contributed by atoms with van der Waals surface area (Å²) < 4.78 is 39.2. The van der Waals surface area contributed by atoms with Gasteiger partial charge in [0, 0.05) is 31.6 Å². The highest BCUT2D eigenvalue weighted by Gasteiger charge is 2.37. The van der Waals surface area contributed by atoms with Gasteiger partial charge in [0.1, 0.15) is 5.69 Å². The Balaban J connectivity index is 1.97. The van der Waals surface area contributed by atoms with E-state index >= 15 is 0 Å². The van der Waals surface area contributed by atoms with E-state index in [-0.39, 0.29) is 17.5 Å². The van der Waals surface area contributed by atoms with Crippen LogP contribution in [0.3, 0.4) is 0 Å². The number of alkyl halides is 3. The fourth-order valence-electron chi connectivity index (χ4n) is 3.75. The van der Waals surface area contributed by atoms with E-state index in [1.807, 2.05) is 0 Å². The summed E-state index contributed by atoms with van der Waals surface area (Å²) in [5, 5.41) is 13.7. The average molecular weight is 465 g/mol. The number of nitrogens with zero attached hydrogens (tertiary/aromatic N) is 3. The van der Waals surface area contributed by atoms with Gasteiger partial charge in [-0.15, -0.1) is 0 Å². The lowest BCUT2D eigenvalue weighted by molar-refractivity contribution is -0.384. The van der Waals surface area contributed by atoms with E-state index in [1.165, 1.54) is 0 Å². The third-order valence-corrected chi connectivity index (χ3v) is 5.93. The maximum Gasteiger partial charge on any atom is 0.418 e. The van der Waals surface area contributed by atoms with E-state index in [2.05, 4.69) is 24.1 Å². The highest BCUT2D eigenvalue weighted by Crippen LogP contribution is 2.42. The predicted octanol–water partition coefficient (Wildman–Crippen LogP) is 4.33. The van der Waals surface area contributed by atoms with Gasteiger partial charge >= 0.3 is 6.18 Å². The van der Waals surface area contributed by atoms with Gasteiger partial charge in [-0.3, -0.25) is 14.9 Å². The molecule has 0 radical (unpaired) electrons. The molecule has 11 heteroatoms. The summed E-state index contributed by atoms with van der Waals surface area (Å²) in [6.07, 6.45) is -3.02. The molecule has 1 aromatic rings. The molecule has 31 heavy (non-hydrogen) atoms. The van der Waals surface area contributed by atoms with Crippen molar-refractivity contribution >= 4 is 28.9 Å². The van der Waals surface area contributed by atoms with Crippen molar-refractivity contribution in [3.05, 3.63) is 32.8 Å². The molecule has 1 heterocycles. The number of amides is 1. The standard InChI is InChI=1S/C20H28ClF3N4O3/c1-3-26(4-2)9-5-8-25-19(29)14-6-10-27(11-7-14)17-13-16(21)15(20(22,23)24)12-18(17)28(30)31/h12-14H,3-11H2,1-2H3,(H,25,29). The number of hydrogen-bond donors (Lipinski definition) is 1. The molecule has 1 aromatic carbocycles. The molecule has 7 nitrogen and oxygen atoms in total. The van der Waals surface area contributed by atoms with Gasteiger partial charge in [0.2, 0.25) is 5.91 Å². The first-order valence-electron chi connectivity index (χ1n) is 10.4. The minimum Gasteiger partial charge on any atom is -0.366 e. The summed E-state index contributed by atoms with van der Waals surface area (Å²) in [5.41, 5.74) is -1.83. The molecule has 1 aliphatic heterocycles. The number of nitro benzene ring substituents is 1. The van der Waals surface area contributed by atoms with Crippen LogP contribution in [0.5, 0.6) is 0 Å². The van der Waals surface area contributed by atoms with Gasteiger partial charge in [-0.2, -0.15) is 13.2 Å². The number of anilines is 1. The van der Waals surface area contributed by atoms with E-state index in [1.54, 1.807) is 4.90 Å². The first-order valence-corrected chi connectivity index (χ1v) is 10.8. The Morgan fingerprint density at radius 1 is 1.29 bits per heavy atom. The number of halogens is 4. The second-order valence-corrected chi connectivity index (χ2v) is 7.92. The summed E-state index contributed by atoms with van der Waals surface area (Å²) >= 11 is 5.77. The fourth-order valence-corrected chi connectivity index (χ4v) is 4.01. The molecule has 2 rings (SSSR count). The van der Waals surface area contributed by atoms with Crippen LogP contribution in [0.4, 0.5) is 24.5 Å². The lowest BCUT2D eigenvalue weighted by Gasteiger charge is -2.33. The fraction of sp³-hybridized carbons (Fsp3) is 0.650. The molecule has 1 fully saturated rings. The van der Waals surface area contributed by atoms with Crippen molar-refractivity contribution in [3.63, 3.8) is 0 Å². The Hall–Kier alpha value is -2.07. The summed E-state index contributed by atoms with van der Waals surface area (Å²) in [5.74, 6) is -0.284. The second kappa shape index (κ2) is 11.0. The predicted molar refractivity (Wildman–Crippen MR) is 113 cm³/mol. The zero-order valence-corrected chi connectivity index (χ0v) is 18.4. The Bertz CT molecular complexity index is 780. The van der Waals surface area contributed by atoms with Crippen LogP contribution in [0.15, 0.2) is 12.1 Å². The van der Waals surface area contributed by atoms with Crippen molar-refractivity contribution in [2.75, 3.05) is 44.2 Å². The van der Waals surface area contributed by atoms with Crippen LogP contribution in [0.2, 0.25) is 5.02 Å². The zero-order chi connectivity index (χ0) is 23.2. The highest BCUT2D eigenvalue weighted by atomic mass is 35.5. The van der Waals surface area contributed by atoms with Crippen LogP contribution in [-0.2, 0) is 11.0 Å². The first-order chi connectivity index (χ1) is 14.6. The van der Waals surface area contributed by atoms with Gasteiger partial charge in [0.15, 0.2) is 0 Å². The zero-order valence-electron chi connectivity index (χ0n) is 17.7. The molecule has 1 saturated heterocycles. The number of piperidine rings is 1. The third-order valence-electron chi connectivity index (χ3n) is 5.62. The van der Waals surface area contributed by atoms with Crippen molar-refractivity contribution in [3.8, 4) is 0 Å². The summed E-state index contributed by atoms with van der Waals surface area (Å²) in [6, 6.07) is 1.47. The topological polar surface area (TPSA) is 78.7 Å².